The van der Waals surface area contributed by atoms with Crippen LogP contribution >= 0.6 is 0 Å². The second kappa shape index (κ2) is 7.71. The van der Waals surface area contributed by atoms with Crippen molar-refractivity contribution in [3.8, 4) is 17.2 Å². The Kier molecular flexibility index (Phi) is 5.34. The van der Waals surface area contributed by atoms with Crippen LogP contribution in [0.4, 0.5) is 15.8 Å². The zero-order chi connectivity index (χ0) is 20.4. The van der Waals surface area contributed by atoms with E-state index < -0.39 is 22.3 Å². The first-order valence-electron chi connectivity index (χ1n) is 8.50. The fourth-order valence-corrected chi connectivity index (χ4v) is 3.39. The van der Waals surface area contributed by atoms with Gasteiger partial charge in [0.25, 0.3) is 5.91 Å². The summed E-state index contributed by atoms with van der Waals surface area (Å²) >= 11 is 0. The molecule has 148 valence electrons. The maximum absolute atomic E-state index is 13.8. The summed E-state index contributed by atoms with van der Waals surface area (Å²) < 4.78 is 29.3. The van der Waals surface area contributed by atoms with Crippen molar-refractivity contribution in [2.75, 3.05) is 32.8 Å². The van der Waals surface area contributed by atoms with Crippen molar-refractivity contribution < 1.29 is 28.3 Å². The van der Waals surface area contributed by atoms with Gasteiger partial charge >= 0.3 is 5.69 Å². The molecule has 2 aromatic carbocycles. The van der Waals surface area contributed by atoms with Crippen LogP contribution in [0.1, 0.15) is 22.3 Å². The second-order valence-electron chi connectivity index (χ2n) is 6.13. The topological polar surface area (TPSA) is 91.1 Å². The van der Waals surface area contributed by atoms with E-state index in [9.17, 15) is 19.3 Å². The summed E-state index contributed by atoms with van der Waals surface area (Å²) in [6.07, 6.45) is 1.35. The molecule has 0 saturated carbocycles. The molecule has 0 atom stereocenters. The lowest BCUT2D eigenvalue weighted by Crippen LogP contribution is -2.36. The van der Waals surface area contributed by atoms with Crippen LogP contribution in [0.2, 0.25) is 0 Å². The number of methoxy groups -OCH3 is 3. The lowest BCUT2D eigenvalue weighted by molar-refractivity contribution is -0.386. The van der Waals surface area contributed by atoms with Gasteiger partial charge in [-0.2, -0.15) is 0 Å². The molecule has 1 heterocycles. The molecule has 0 unspecified atom stereocenters. The molecule has 1 amide bonds. The van der Waals surface area contributed by atoms with Gasteiger partial charge in [-0.3, -0.25) is 14.9 Å². The smallest absolute Gasteiger partial charge is 0.327 e. The summed E-state index contributed by atoms with van der Waals surface area (Å²) in [5.74, 6) is -1.22. The highest BCUT2D eigenvalue weighted by Gasteiger charge is 2.35. The summed E-state index contributed by atoms with van der Waals surface area (Å²) in [7, 11) is 3.91. The molecule has 0 aromatic heterocycles. The third-order valence-corrected chi connectivity index (χ3v) is 4.63. The van der Waals surface area contributed by atoms with E-state index in [1.54, 1.807) is 6.07 Å². The van der Waals surface area contributed by atoms with Gasteiger partial charge in [0.2, 0.25) is 11.5 Å². The van der Waals surface area contributed by atoms with E-state index >= 15 is 0 Å². The lowest BCUT2D eigenvalue weighted by atomic mass is 10.00. The third kappa shape index (κ3) is 3.19. The molecular weight excluding hydrogens is 371 g/mol. The summed E-state index contributed by atoms with van der Waals surface area (Å²) in [6.45, 7) is 0.309. The normalized spacial score (nSPS) is 12.9. The molecule has 0 radical (unpaired) electrons. The Labute approximate surface area is 160 Å². The summed E-state index contributed by atoms with van der Waals surface area (Å²) in [6, 6.07) is 5.45. The van der Waals surface area contributed by atoms with E-state index in [4.69, 9.17) is 14.2 Å². The fourth-order valence-electron chi connectivity index (χ4n) is 3.39. The zero-order valence-electron chi connectivity index (χ0n) is 15.7. The van der Waals surface area contributed by atoms with Crippen molar-refractivity contribution in [2.24, 2.45) is 0 Å². The number of carbonyl (C=O) groups excluding carboxylic acids is 1. The Bertz CT molecular complexity index is 947. The Morgan fingerprint density at radius 2 is 1.86 bits per heavy atom. The van der Waals surface area contributed by atoms with Crippen molar-refractivity contribution in [1.29, 1.82) is 0 Å². The van der Waals surface area contributed by atoms with Gasteiger partial charge in [-0.05, 0) is 30.5 Å². The minimum absolute atomic E-state index is 0.0124. The molecule has 8 nitrogen and oxygen atoms in total. The van der Waals surface area contributed by atoms with Crippen LogP contribution in [0.5, 0.6) is 17.2 Å². The van der Waals surface area contributed by atoms with Crippen molar-refractivity contribution in [1.82, 2.24) is 0 Å². The lowest BCUT2D eigenvalue weighted by Gasteiger charge is -2.29. The predicted molar refractivity (Wildman–Crippen MR) is 99.1 cm³/mol. The van der Waals surface area contributed by atoms with Gasteiger partial charge in [-0.25, -0.2) is 4.39 Å². The van der Waals surface area contributed by atoms with Crippen LogP contribution in [0.15, 0.2) is 24.3 Å². The molecule has 0 saturated heterocycles. The number of nitrogens with zero attached hydrogens (tertiary/aromatic N) is 2. The summed E-state index contributed by atoms with van der Waals surface area (Å²) in [4.78, 5) is 25.7. The number of ether oxygens (including phenoxy) is 3. The molecule has 2 aromatic rings. The van der Waals surface area contributed by atoms with Gasteiger partial charge in [0.1, 0.15) is 11.4 Å². The van der Waals surface area contributed by atoms with Crippen molar-refractivity contribution in [3.63, 3.8) is 0 Å². The number of hydrogen-bond acceptors (Lipinski definition) is 6. The number of carbonyl (C=O) groups is 1. The average Bonchev–Trinajstić information content (AvgIpc) is 2.70. The first kappa shape index (κ1) is 19.4. The molecule has 1 aliphatic heterocycles. The highest BCUT2D eigenvalue weighted by Crippen LogP contribution is 2.47. The molecule has 0 spiro atoms. The Hall–Kier alpha value is -3.36. The van der Waals surface area contributed by atoms with Gasteiger partial charge in [0, 0.05) is 12.6 Å². The maximum atomic E-state index is 13.8. The number of nitro groups is 1. The van der Waals surface area contributed by atoms with E-state index in [1.165, 1.54) is 44.4 Å². The highest BCUT2D eigenvalue weighted by atomic mass is 19.1. The molecule has 28 heavy (non-hydrogen) atoms. The Balaban J connectivity index is 2.20. The van der Waals surface area contributed by atoms with Crippen LogP contribution in [0.25, 0.3) is 0 Å². The van der Waals surface area contributed by atoms with Crippen LogP contribution in [-0.2, 0) is 6.42 Å². The van der Waals surface area contributed by atoms with Gasteiger partial charge in [-0.1, -0.05) is 6.07 Å². The number of benzene rings is 2. The quantitative estimate of drug-likeness (QED) is 0.574. The molecule has 0 fully saturated rings. The maximum Gasteiger partial charge on any atom is 0.327 e. The number of anilines is 1. The minimum Gasteiger partial charge on any atom is -0.493 e. The van der Waals surface area contributed by atoms with Gasteiger partial charge in [-0.15, -0.1) is 0 Å². The molecule has 3 rings (SSSR count). The fraction of sp³-hybridized carbons (Fsp3) is 0.316. The van der Waals surface area contributed by atoms with Crippen LogP contribution in [0, 0.1) is 15.9 Å². The zero-order valence-corrected chi connectivity index (χ0v) is 15.7. The van der Waals surface area contributed by atoms with Gasteiger partial charge in [0.05, 0.1) is 31.9 Å². The largest absolute Gasteiger partial charge is 0.493 e. The molecular formula is C19H19FN2O6. The SMILES string of the molecule is COc1cc(C(=O)N2CCCc3ccc(F)cc32)c([N+](=O)[O-])c(OC)c1OC. The number of rotatable bonds is 5. The molecule has 0 N–H and O–H groups in total. The van der Waals surface area contributed by atoms with E-state index in [0.717, 1.165) is 5.56 Å². The Morgan fingerprint density at radius 3 is 2.46 bits per heavy atom. The van der Waals surface area contributed by atoms with E-state index in [1.807, 2.05) is 0 Å². The average molecular weight is 390 g/mol. The number of hydrogen-bond donors (Lipinski definition) is 0. The van der Waals surface area contributed by atoms with Crippen LogP contribution in [-0.4, -0.2) is 38.7 Å². The summed E-state index contributed by atoms with van der Waals surface area (Å²) in [5.41, 5.74) is 0.445. The third-order valence-electron chi connectivity index (χ3n) is 4.63. The predicted octanol–water partition coefficient (Wildman–Crippen LogP) is 3.35. The number of amides is 1. The highest BCUT2D eigenvalue weighted by molar-refractivity contribution is 6.10. The minimum atomic E-state index is -0.704. The Morgan fingerprint density at radius 1 is 1.14 bits per heavy atom. The van der Waals surface area contributed by atoms with Crippen molar-refractivity contribution in [3.05, 3.63) is 51.3 Å². The van der Waals surface area contributed by atoms with Gasteiger partial charge in [0.15, 0.2) is 5.75 Å². The van der Waals surface area contributed by atoms with Crippen LogP contribution in [0.3, 0.4) is 0 Å². The number of nitro benzene ring substituents is 1. The molecule has 1 aliphatic rings. The van der Waals surface area contributed by atoms with Gasteiger partial charge < -0.3 is 19.1 Å². The summed E-state index contributed by atoms with van der Waals surface area (Å²) in [5, 5.41) is 11.8. The number of halogens is 1. The molecule has 0 bridgehead atoms. The monoisotopic (exact) mass is 390 g/mol. The van der Waals surface area contributed by atoms with Crippen LogP contribution < -0.4 is 19.1 Å². The first-order valence-corrected chi connectivity index (χ1v) is 8.50. The van der Waals surface area contributed by atoms with E-state index in [0.29, 0.717) is 25.1 Å². The van der Waals surface area contributed by atoms with E-state index in [-0.39, 0.29) is 22.8 Å². The van der Waals surface area contributed by atoms with E-state index in [2.05, 4.69) is 0 Å². The molecule has 0 aliphatic carbocycles. The number of fused-ring (bicyclic) bond motifs is 1. The standard InChI is InChI=1S/C19H19FN2O6/c1-26-15-10-13(16(22(24)25)18(28-3)17(15)27-2)19(23)21-8-4-5-11-6-7-12(20)9-14(11)21/h6-7,9-10H,4-5,8H2,1-3H3. The first-order chi connectivity index (χ1) is 13.4. The van der Waals surface area contributed by atoms with Crippen molar-refractivity contribution in [2.45, 2.75) is 12.8 Å². The second-order valence-corrected chi connectivity index (χ2v) is 6.13. The molecule has 9 heteroatoms. The van der Waals surface area contributed by atoms with Crippen molar-refractivity contribution >= 4 is 17.3 Å². The number of aryl methyl sites for hydroxylation is 1.